The number of hydrogen-bond donors (Lipinski definition) is 0. The molecule has 0 radical (unpaired) electrons. The maximum atomic E-state index is 2.44. The highest BCUT2D eigenvalue weighted by atomic mass is 14.4. The van der Waals surface area contributed by atoms with Crippen molar-refractivity contribution in [1.82, 2.24) is 0 Å². The summed E-state index contributed by atoms with van der Waals surface area (Å²) < 4.78 is 0. The lowest BCUT2D eigenvalue weighted by Crippen LogP contribution is -2.33. The minimum atomic E-state index is 0.436. The Morgan fingerprint density at radius 1 is 1.00 bits per heavy atom. The number of rotatable bonds is 4. The topological polar surface area (TPSA) is 0 Å². The zero-order valence-corrected chi connectivity index (χ0v) is 10.7. The molecule has 0 heterocycles. The van der Waals surface area contributed by atoms with Crippen LogP contribution >= 0.6 is 0 Å². The molecule has 0 aromatic rings. The minimum absolute atomic E-state index is 0.436. The highest BCUT2D eigenvalue weighted by molar-refractivity contribution is 4.86. The zero-order chi connectivity index (χ0) is 10.7. The normalized spacial score (nSPS) is 19.6. The van der Waals surface area contributed by atoms with Gasteiger partial charge in [0.1, 0.15) is 0 Å². The largest absolute Gasteiger partial charge is 0.0651 e. The van der Waals surface area contributed by atoms with E-state index in [0.29, 0.717) is 10.8 Å². The van der Waals surface area contributed by atoms with E-state index in [1.54, 1.807) is 0 Å². The molecular weight excluding hydrogens is 156 g/mol. The van der Waals surface area contributed by atoms with Gasteiger partial charge in [0.05, 0.1) is 0 Å². The minimum Gasteiger partial charge on any atom is -0.0651 e. The van der Waals surface area contributed by atoms with E-state index < -0.39 is 0 Å². The van der Waals surface area contributed by atoms with Crippen LogP contribution in [0.2, 0.25) is 0 Å². The summed E-state index contributed by atoms with van der Waals surface area (Å²) in [6.07, 6.45) is 3.97. The van der Waals surface area contributed by atoms with Gasteiger partial charge in [-0.3, -0.25) is 0 Å². The fourth-order valence-corrected chi connectivity index (χ4v) is 1.89. The Morgan fingerprint density at radius 3 is 1.69 bits per heavy atom. The van der Waals surface area contributed by atoms with Gasteiger partial charge in [-0.2, -0.15) is 0 Å². The maximum absolute atomic E-state index is 2.44. The highest BCUT2D eigenvalue weighted by Crippen LogP contribution is 2.46. The molecule has 0 aromatic heterocycles. The summed E-state index contributed by atoms with van der Waals surface area (Å²) in [4.78, 5) is 0. The molecule has 80 valence electrons. The molecule has 0 N–H and O–H groups in total. The Balaban J connectivity index is 4.46. The quantitative estimate of drug-likeness (QED) is 0.584. The van der Waals surface area contributed by atoms with E-state index in [0.717, 1.165) is 5.92 Å². The van der Waals surface area contributed by atoms with Crippen LogP contribution in [0, 0.1) is 16.7 Å². The molecule has 0 saturated carbocycles. The Morgan fingerprint density at radius 2 is 1.46 bits per heavy atom. The van der Waals surface area contributed by atoms with Gasteiger partial charge in [0.2, 0.25) is 0 Å². The average molecular weight is 184 g/mol. The van der Waals surface area contributed by atoms with Gasteiger partial charge in [-0.05, 0) is 23.2 Å². The van der Waals surface area contributed by atoms with Crippen molar-refractivity contribution in [1.29, 1.82) is 0 Å². The first kappa shape index (κ1) is 13.0. The van der Waals surface area contributed by atoms with Crippen molar-refractivity contribution in [3.05, 3.63) is 0 Å². The van der Waals surface area contributed by atoms with Gasteiger partial charge >= 0.3 is 0 Å². The molecule has 0 aliphatic heterocycles. The molecule has 2 atom stereocenters. The summed E-state index contributed by atoms with van der Waals surface area (Å²) in [6.45, 7) is 16.6. The lowest BCUT2D eigenvalue weighted by Gasteiger charge is -2.43. The summed E-state index contributed by atoms with van der Waals surface area (Å²) in [6, 6.07) is 0. The molecule has 0 saturated heterocycles. The Bertz CT molecular complexity index is 141. The van der Waals surface area contributed by atoms with E-state index in [2.05, 4.69) is 48.5 Å². The Kier molecular flexibility index (Phi) is 4.48. The standard InChI is InChI=1S/C13H28/c1-8-11(3)10-13(7,9-2)12(4,5)6/h11H,8-10H2,1-7H3. The van der Waals surface area contributed by atoms with E-state index in [1.165, 1.54) is 19.3 Å². The molecule has 0 rings (SSSR count). The second kappa shape index (κ2) is 4.48. The van der Waals surface area contributed by atoms with Crippen molar-refractivity contribution in [3.8, 4) is 0 Å². The third-order valence-electron chi connectivity index (χ3n) is 4.09. The maximum Gasteiger partial charge on any atom is -0.0277 e. The molecule has 0 fully saturated rings. The predicted octanol–water partition coefficient (Wildman–Crippen LogP) is 4.89. The summed E-state index contributed by atoms with van der Waals surface area (Å²) >= 11 is 0. The SMILES string of the molecule is CCC(C)CC(C)(CC)C(C)(C)C. The zero-order valence-electron chi connectivity index (χ0n) is 10.7. The predicted molar refractivity (Wildman–Crippen MR) is 61.9 cm³/mol. The van der Waals surface area contributed by atoms with Crippen LogP contribution in [0.5, 0.6) is 0 Å². The van der Waals surface area contributed by atoms with Crippen molar-refractivity contribution in [2.75, 3.05) is 0 Å². The molecular formula is C13H28. The van der Waals surface area contributed by atoms with E-state index >= 15 is 0 Å². The summed E-state index contributed by atoms with van der Waals surface area (Å²) in [5.41, 5.74) is 0.938. The first-order chi connectivity index (χ1) is 5.77. The molecule has 0 aromatic carbocycles. The second-order valence-electron chi connectivity index (χ2n) is 5.88. The van der Waals surface area contributed by atoms with Crippen LogP contribution in [-0.2, 0) is 0 Å². The van der Waals surface area contributed by atoms with Crippen LogP contribution in [0.4, 0.5) is 0 Å². The van der Waals surface area contributed by atoms with Crippen LogP contribution in [-0.4, -0.2) is 0 Å². The summed E-state index contributed by atoms with van der Waals surface area (Å²) in [5.74, 6) is 0.865. The van der Waals surface area contributed by atoms with Crippen molar-refractivity contribution in [2.24, 2.45) is 16.7 Å². The van der Waals surface area contributed by atoms with Crippen molar-refractivity contribution in [3.63, 3.8) is 0 Å². The molecule has 0 amide bonds. The van der Waals surface area contributed by atoms with Crippen molar-refractivity contribution >= 4 is 0 Å². The summed E-state index contributed by atoms with van der Waals surface area (Å²) in [5, 5.41) is 0. The van der Waals surface area contributed by atoms with Gasteiger partial charge in [-0.1, -0.05) is 61.3 Å². The molecule has 0 aliphatic carbocycles. The first-order valence-corrected chi connectivity index (χ1v) is 5.77. The van der Waals surface area contributed by atoms with Crippen LogP contribution in [0.15, 0.2) is 0 Å². The van der Waals surface area contributed by atoms with Gasteiger partial charge in [0.15, 0.2) is 0 Å². The van der Waals surface area contributed by atoms with Gasteiger partial charge in [0.25, 0.3) is 0 Å². The van der Waals surface area contributed by atoms with Crippen LogP contribution < -0.4 is 0 Å². The van der Waals surface area contributed by atoms with E-state index in [1.807, 2.05) is 0 Å². The molecule has 13 heavy (non-hydrogen) atoms. The highest BCUT2D eigenvalue weighted by Gasteiger charge is 2.36. The van der Waals surface area contributed by atoms with Crippen LogP contribution in [0.25, 0.3) is 0 Å². The lowest BCUT2D eigenvalue weighted by atomic mass is 9.62. The average Bonchev–Trinajstić information content (AvgIpc) is 2.02. The Labute approximate surface area is 85.1 Å². The third kappa shape index (κ3) is 3.32. The van der Waals surface area contributed by atoms with Crippen LogP contribution in [0.1, 0.15) is 67.7 Å². The molecule has 0 nitrogen and oxygen atoms in total. The van der Waals surface area contributed by atoms with Crippen molar-refractivity contribution in [2.45, 2.75) is 67.7 Å². The molecule has 0 heteroatoms. The van der Waals surface area contributed by atoms with Gasteiger partial charge in [-0.25, -0.2) is 0 Å². The van der Waals surface area contributed by atoms with Gasteiger partial charge in [-0.15, -0.1) is 0 Å². The number of hydrogen-bond acceptors (Lipinski definition) is 0. The molecule has 2 unspecified atom stereocenters. The Hall–Kier alpha value is 0. The van der Waals surface area contributed by atoms with Crippen LogP contribution in [0.3, 0.4) is 0 Å². The fourth-order valence-electron chi connectivity index (χ4n) is 1.89. The second-order valence-corrected chi connectivity index (χ2v) is 5.88. The smallest absolute Gasteiger partial charge is 0.0277 e. The third-order valence-corrected chi connectivity index (χ3v) is 4.09. The van der Waals surface area contributed by atoms with Crippen molar-refractivity contribution < 1.29 is 0 Å². The van der Waals surface area contributed by atoms with E-state index in [9.17, 15) is 0 Å². The molecule has 0 spiro atoms. The van der Waals surface area contributed by atoms with Gasteiger partial charge in [0, 0.05) is 0 Å². The fraction of sp³-hybridized carbons (Fsp3) is 1.00. The molecule has 0 bridgehead atoms. The van der Waals surface area contributed by atoms with Gasteiger partial charge < -0.3 is 0 Å². The first-order valence-electron chi connectivity index (χ1n) is 5.77. The lowest BCUT2D eigenvalue weighted by molar-refractivity contribution is 0.0714. The monoisotopic (exact) mass is 184 g/mol. The molecule has 0 aliphatic rings. The summed E-state index contributed by atoms with van der Waals surface area (Å²) in [7, 11) is 0. The van der Waals surface area contributed by atoms with E-state index in [4.69, 9.17) is 0 Å². The van der Waals surface area contributed by atoms with E-state index in [-0.39, 0.29) is 0 Å².